The van der Waals surface area contributed by atoms with Crippen LogP contribution in [0.2, 0.25) is 0 Å². The number of anilines is 1. The van der Waals surface area contributed by atoms with Gasteiger partial charge in [-0.3, -0.25) is 4.79 Å². The van der Waals surface area contributed by atoms with Gasteiger partial charge in [0.15, 0.2) is 0 Å². The van der Waals surface area contributed by atoms with Gasteiger partial charge in [-0.2, -0.15) is 0 Å². The Bertz CT molecular complexity index is 393. The molecule has 80 valence electrons. The first-order valence-electron chi connectivity index (χ1n) is 4.29. The third-order valence-corrected chi connectivity index (χ3v) is 2.87. The van der Waals surface area contributed by atoms with Gasteiger partial charge >= 0.3 is 0 Å². The number of aryl methyl sites for hydroxylation is 1. The van der Waals surface area contributed by atoms with E-state index in [1.165, 1.54) is 0 Å². The lowest BCUT2D eigenvalue weighted by molar-refractivity contribution is -0.110. The fraction of sp³-hybridized carbons (Fsp3) is 0.200. The number of oxime groups is 1. The predicted octanol–water partition coefficient (Wildman–Crippen LogP) is 2.46. The zero-order valence-electron chi connectivity index (χ0n) is 8.41. The number of benzene rings is 1. The van der Waals surface area contributed by atoms with Gasteiger partial charge in [-0.1, -0.05) is 21.1 Å². The van der Waals surface area contributed by atoms with Crippen LogP contribution >= 0.6 is 15.9 Å². The fourth-order valence-electron chi connectivity index (χ4n) is 1.12. The van der Waals surface area contributed by atoms with Crippen LogP contribution < -0.4 is 5.32 Å². The van der Waals surface area contributed by atoms with Crippen molar-refractivity contribution in [1.82, 2.24) is 0 Å². The van der Waals surface area contributed by atoms with Crippen molar-refractivity contribution in [2.75, 3.05) is 5.32 Å². The monoisotopic (exact) mass is 270 g/mol. The maximum atomic E-state index is 11.1. The highest BCUT2D eigenvalue weighted by Gasteiger charge is 2.04. The van der Waals surface area contributed by atoms with E-state index >= 15 is 0 Å². The predicted molar refractivity (Wildman–Crippen MR) is 62.5 cm³/mol. The molecule has 0 fully saturated rings. The highest BCUT2D eigenvalue weighted by atomic mass is 79.9. The topological polar surface area (TPSA) is 61.7 Å². The summed E-state index contributed by atoms with van der Waals surface area (Å²) in [5.74, 6) is -0.465. The van der Waals surface area contributed by atoms with Crippen molar-refractivity contribution in [3.05, 3.63) is 27.7 Å². The fourth-order valence-corrected chi connectivity index (χ4v) is 1.67. The Kier molecular flexibility index (Phi) is 3.85. The molecular weight excluding hydrogens is 260 g/mol. The molecule has 0 spiro atoms. The average Bonchev–Trinajstić information content (AvgIpc) is 2.14. The standard InChI is InChI=1S/C10H11BrN2O2/c1-6-3-8(4-9(11)7(6)2)13-10(14)5-12-15/h3-5,15H,1-2H3,(H,13,14)/b12-5+. The minimum Gasteiger partial charge on any atom is -0.411 e. The third-order valence-electron chi connectivity index (χ3n) is 2.05. The van der Waals surface area contributed by atoms with Crippen LogP contribution in [-0.2, 0) is 4.79 Å². The Morgan fingerprint density at radius 1 is 1.53 bits per heavy atom. The van der Waals surface area contributed by atoms with Crippen molar-refractivity contribution in [3.8, 4) is 0 Å². The smallest absolute Gasteiger partial charge is 0.270 e. The lowest BCUT2D eigenvalue weighted by Gasteiger charge is -2.07. The van der Waals surface area contributed by atoms with Gasteiger partial charge in [0.05, 0.1) is 0 Å². The molecule has 0 unspecified atom stereocenters. The minimum atomic E-state index is -0.465. The SMILES string of the molecule is Cc1cc(NC(=O)/C=N/O)cc(Br)c1C. The number of hydrogen-bond acceptors (Lipinski definition) is 3. The Labute approximate surface area is 96.1 Å². The molecule has 4 nitrogen and oxygen atoms in total. The maximum Gasteiger partial charge on any atom is 0.270 e. The van der Waals surface area contributed by atoms with Crippen molar-refractivity contribution in [3.63, 3.8) is 0 Å². The number of rotatable bonds is 2. The number of hydrogen-bond donors (Lipinski definition) is 2. The van der Waals surface area contributed by atoms with Crippen LogP contribution in [-0.4, -0.2) is 17.3 Å². The summed E-state index contributed by atoms with van der Waals surface area (Å²) in [6.45, 7) is 3.94. The van der Waals surface area contributed by atoms with E-state index in [1.807, 2.05) is 19.9 Å². The summed E-state index contributed by atoms with van der Waals surface area (Å²) in [4.78, 5) is 11.1. The van der Waals surface area contributed by atoms with Gasteiger partial charge in [0, 0.05) is 10.2 Å². The van der Waals surface area contributed by atoms with E-state index in [2.05, 4.69) is 26.4 Å². The lowest BCUT2D eigenvalue weighted by Crippen LogP contribution is -2.12. The van der Waals surface area contributed by atoms with Crippen LogP contribution in [0.3, 0.4) is 0 Å². The summed E-state index contributed by atoms with van der Waals surface area (Å²) in [6, 6.07) is 3.65. The largest absolute Gasteiger partial charge is 0.411 e. The van der Waals surface area contributed by atoms with E-state index in [0.717, 1.165) is 21.8 Å². The molecule has 0 radical (unpaired) electrons. The van der Waals surface area contributed by atoms with Crippen molar-refractivity contribution in [2.24, 2.45) is 5.16 Å². The molecule has 0 aliphatic carbocycles. The third kappa shape index (κ3) is 3.06. The summed E-state index contributed by atoms with van der Waals surface area (Å²) in [7, 11) is 0. The first-order chi connectivity index (χ1) is 7.04. The van der Waals surface area contributed by atoms with Gasteiger partial charge in [-0.25, -0.2) is 0 Å². The lowest BCUT2D eigenvalue weighted by atomic mass is 10.1. The zero-order chi connectivity index (χ0) is 11.4. The summed E-state index contributed by atoms with van der Waals surface area (Å²) in [5.41, 5.74) is 2.86. The Balaban J connectivity index is 2.92. The molecular formula is C10H11BrN2O2. The molecule has 0 saturated heterocycles. The normalized spacial score (nSPS) is 10.6. The van der Waals surface area contributed by atoms with E-state index in [4.69, 9.17) is 5.21 Å². The molecule has 0 aliphatic heterocycles. The second-order valence-electron chi connectivity index (χ2n) is 3.13. The molecule has 1 aromatic carbocycles. The van der Waals surface area contributed by atoms with Crippen LogP contribution in [0.25, 0.3) is 0 Å². The molecule has 1 aromatic rings. The van der Waals surface area contributed by atoms with Crippen LogP contribution in [0, 0.1) is 13.8 Å². The summed E-state index contributed by atoms with van der Waals surface area (Å²) in [5, 5.41) is 13.4. The molecule has 0 bridgehead atoms. The van der Waals surface area contributed by atoms with E-state index in [9.17, 15) is 4.79 Å². The Hall–Kier alpha value is -1.36. The van der Waals surface area contributed by atoms with Gasteiger partial charge < -0.3 is 10.5 Å². The van der Waals surface area contributed by atoms with Gasteiger partial charge in [-0.15, -0.1) is 0 Å². The van der Waals surface area contributed by atoms with Gasteiger partial charge in [0.25, 0.3) is 5.91 Å². The molecule has 15 heavy (non-hydrogen) atoms. The number of carbonyl (C=O) groups is 1. The minimum absolute atomic E-state index is 0.465. The summed E-state index contributed by atoms with van der Waals surface area (Å²) in [6.07, 6.45) is 0.809. The quantitative estimate of drug-likeness (QED) is 0.493. The van der Waals surface area contributed by atoms with Gasteiger partial charge in [0.2, 0.25) is 0 Å². The van der Waals surface area contributed by atoms with Crippen molar-refractivity contribution in [1.29, 1.82) is 0 Å². The van der Waals surface area contributed by atoms with E-state index < -0.39 is 5.91 Å². The average molecular weight is 271 g/mol. The number of nitrogens with one attached hydrogen (secondary N) is 1. The van der Waals surface area contributed by atoms with E-state index in [-0.39, 0.29) is 0 Å². The van der Waals surface area contributed by atoms with Crippen molar-refractivity contribution in [2.45, 2.75) is 13.8 Å². The number of carbonyl (C=O) groups excluding carboxylic acids is 1. The van der Waals surface area contributed by atoms with Crippen LogP contribution in [0.1, 0.15) is 11.1 Å². The van der Waals surface area contributed by atoms with Crippen molar-refractivity contribution >= 4 is 33.7 Å². The van der Waals surface area contributed by atoms with Crippen LogP contribution in [0.15, 0.2) is 21.8 Å². The molecule has 0 aromatic heterocycles. The van der Waals surface area contributed by atoms with Crippen LogP contribution in [0.5, 0.6) is 0 Å². The molecule has 0 aliphatic rings. The highest BCUT2D eigenvalue weighted by Crippen LogP contribution is 2.24. The molecule has 1 amide bonds. The molecule has 2 N–H and O–H groups in total. The molecule has 0 atom stereocenters. The zero-order valence-corrected chi connectivity index (χ0v) is 10.00. The maximum absolute atomic E-state index is 11.1. The highest BCUT2D eigenvalue weighted by molar-refractivity contribution is 9.10. The molecule has 5 heteroatoms. The van der Waals surface area contributed by atoms with Gasteiger partial charge in [-0.05, 0) is 37.1 Å². The Morgan fingerprint density at radius 3 is 2.73 bits per heavy atom. The molecule has 0 heterocycles. The first kappa shape index (κ1) is 11.7. The van der Waals surface area contributed by atoms with E-state index in [1.54, 1.807) is 6.07 Å². The number of halogens is 1. The number of amides is 1. The van der Waals surface area contributed by atoms with E-state index in [0.29, 0.717) is 5.69 Å². The van der Waals surface area contributed by atoms with Crippen molar-refractivity contribution < 1.29 is 10.0 Å². The Morgan fingerprint density at radius 2 is 2.20 bits per heavy atom. The molecule has 1 rings (SSSR count). The first-order valence-corrected chi connectivity index (χ1v) is 5.09. The number of nitrogens with zero attached hydrogens (tertiary/aromatic N) is 1. The summed E-state index contributed by atoms with van der Waals surface area (Å²) < 4.78 is 0.929. The second-order valence-corrected chi connectivity index (χ2v) is 3.99. The molecule has 0 saturated carbocycles. The summed E-state index contributed by atoms with van der Waals surface area (Å²) >= 11 is 3.39. The second kappa shape index (κ2) is 4.93. The van der Waals surface area contributed by atoms with Crippen LogP contribution in [0.4, 0.5) is 5.69 Å². The van der Waals surface area contributed by atoms with Gasteiger partial charge in [0.1, 0.15) is 6.21 Å².